The van der Waals surface area contributed by atoms with Crippen molar-refractivity contribution in [2.45, 2.75) is 71.5 Å². The van der Waals surface area contributed by atoms with Gasteiger partial charge in [-0.1, -0.05) is 60.6 Å². The van der Waals surface area contributed by atoms with Crippen LogP contribution in [0.3, 0.4) is 0 Å². The standard InChI is InChI=1S/C26H31Cl3N2O3/c1-4-23(26(33)30-18-8-5-6-9-18)31(14-20-21(27)10-7-11-22(20)28)24(32)15-34-19-12-16(2)25(29)17(3)13-19/h7,10-13,18,23H,4-6,8-9,14-15H2,1-3H3,(H,30,33). The fourth-order valence-corrected chi connectivity index (χ4v) is 4.98. The van der Waals surface area contributed by atoms with E-state index in [0.717, 1.165) is 36.8 Å². The van der Waals surface area contributed by atoms with E-state index in [1.165, 1.54) is 4.90 Å². The molecule has 2 aromatic carbocycles. The Morgan fingerprint density at radius 3 is 2.24 bits per heavy atom. The number of halogens is 3. The van der Waals surface area contributed by atoms with Crippen molar-refractivity contribution in [1.29, 1.82) is 0 Å². The van der Waals surface area contributed by atoms with Gasteiger partial charge in [-0.2, -0.15) is 0 Å². The average molecular weight is 526 g/mol. The summed E-state index contributed by atoms with van der Waals surface area (Å²) in [6.45, 7) is 5.54. The number of ether oxygens (including phenoxy) is 1. The molecule has 1 fully saturated rings. The number of aryl methyl sites for hydroxylation is 2. The number of rotatable bonds is 9. The highest BCUT2D eigenvalue weighted by molar-refractivity contribution is 6.36. The predicted octanol–water partition coefficient (Wildman–Crippen LogP) is 6.51. The summed E-state index contributed by atoms with van der Waals surface area (Å²) in [4.78, 5) is 28.2. The second-order valence-corrected chi connectivity index (χ2v) is 9.99. The molecule has 34 heavy (non-hydrogen) atoms. The molecule has 1 aliphatic carbocycles. The van der Waals surface area contributed by atoms with Crippen molar-refractivity contribution in [2.75, 3.05) is 6.61 Å². The van der Waals surface area contributed by atoms with Gasteiger partial charge in [0.2, 0.25) is 5.91 Å². The molecule has 1 unspecified atom stereocenters. The van der Waals surface area contributed by atoms with Crippen LogP contribution in [0.4, 0.5) is 0 Å². The van der Waals surface area contributed by atoms with Crippen LogP contribution in [0.1, 0.15) is 55.7 Å². The molecule has 1 N–H and O–H groups in total. The van der Waals surface area contributed by atoms with Crippen LogP contribution in [0, 0.1) is 13.8 Å². The van der Waals surface area contributed by atoms with Crippen LogP contribution in [0.15, 0.2) is 30.3 Å². The van der Waals surface area contributed by atoms with E-state index in [4.69, 9.17) is 39.5 Å². The molecule has 0 heterocycles. The van der Waals surface area contributed by atoms with Crippen molar-refractivity contribution in [3.8, 4) is 5.75 Å². The van der Waals surface area contributed by atoms with Crippen LogP contribution in [-0.4, -0.2) is 35.4 Å². The minimum Gasteiger partial charge on any atom is -0.484 e. The number of hydrogen-bond acceptors (Lipinski definition) is 3. The molecular formula is C26H31Cl3N2O3. The van der Waals surface area contributed by atoms with Crippen molar-refractivity contribution in [2.24, 2.45) is 0 Å². The van der Waals surface area contributed by atoms with Crippen LogP contribution in [-0.2, 0) is 16.1 Å². The van der Waals surface area contributed by atoms with Crippen molar-refractivity contribution < 1.29 is 14.3 Å². The highest BCUT2D eigenvalue weighted by atomic mass is 35.5. The quantitative estimate of drug-likeness (QED) is 0.406. The number of amides is 2. The van der Waals surface area contributed by atoms with Gasteiger partial charge >= 0.3 is 0 Å². The van der Waals surface area contributed by atoms with E-state index in [-0.39, 0.29) is 31.0 Å². The number of carbonyl (C=O) groups excluding carboxylic acids is 2. The largest absolute Gasteiger partial charge is 0.484 e. The van der Waals surface area contributed by atoms with E-state index < -0.39 is 6.04 Å². The number of carbonyl (C=O) groups is 2. The number of nitrogens with zero attached hydrogens (tertiary/aromatic N) is 1. The number of nitrogens with one attached hydrogen (secondary N) is 1. The van der Waals surface area contributed by atoms with E-state index in [0.29, 0.717) is 32.8 Å². The van der Waals surface area contributed by atoms with Crippen molar-refractivity contribution in [3.05, 3.63) is 62.1 Å². The first-order chi connectivity index (χ1) is 16.2. The van der Waals surface area contributed by atoms with E-state index in [2.05, 4.69) is 5.32 Å². The van der Waals surface area contributed by atoms with Crippen LogP contribution in [0.2, 0.25) is 15.1 Å². The maximum Gasteiger partial charge on any atom is 0.261 e. The first-order valence-corrected chi connectivity index (χ1v) is 12.8. The first kappa shape index (κ1) is 26.7. The molecule has 0 aliphatic heterocycles. The normalized spacial score (nSPS) is 14.6. The Labute approximate surface area is 216 Å². The summed E-state index contributed by atoms with van der Waals surface area (Å²) in [6.07, 6.45) is 4.59. The summed E-state index contributed by atoms with van der Waals surface area (Å²) in [7, 11) is 0. The molecule has 0 spiro atoms. The smallest absolute Gasteiger partial charge is 0.261 e. The fraction of sp³-hybridized carbons (Fsp3) is 0.462. The first-order valence-electron chi connectivity index (χ1n) is 11.6. The third-order valence-electron chi connectivity index (χ3n) is 6.25. The number of hydrogen-bond donors (Lipinski definition) is 1. The molecule has 1 aliphatic rings. The van der Waals surface area contributed by atoms with Gasteiger partial charge in [0.05, 0.1) is 0 Å². The van der Waals surface area contributed by atoms with Gasteiger partial charge in [-0.25, -0.2) is 0 Å². The van der Waals surface area contributed by atoms with Gasteiger partial charge in [-0.15, -0.1) is 0 Å². The van der Waals surface area contributed by atoms with Gasteiger partial charge in [-0.3, -0.25) is 9.59 Å². The van der Waals surface area contributed by atoms with Gasteiger partial charge in [-0.05, 0) is 68.5 Å². The Morgan fingerprint density at radius 2 is 1.68 bits per heavy atom. The molecule has 2 aromatic rings. The Hall–Kier alpha value is -1.95. The molecule has 0 aromatic heterocycles. The van der Waals surface area contributed by atoms with Crippen molar-refractivity contribution in [3.63, 3.8) is 0 Å². The highest BCUT2D eigenvalue weighted by Crippen LogP contribution is 2.28. The van der Waals surface area contributed by atoms with Crippen molar-refractivity contribution >= 4 is 46.6 Å². The summed E-state index contributed by atoms with van der Waals surface area (Å²) in [5.41, 5.74) is 2.34. The lowest BCUT2D eigenvalue weighted by Crippen LogP contribution is -2.52. The molecule has 5 nitrogen and oxygen atoms in total. The molecule has 1 atom stereocenters. The molecule has 0 radical (unpaired) electrons. The zero-order valence-corrected chi connectivity index (χ0v) is 22.1. The second kappa shape index (κ2) is 12.1. The average Bonchev–Trinajstić information content (AvgIpc) is 3.30. The molecule has 1 saturated carbocycles. The lowest BCUT2D eigenvalue weighted by molar-refractivity contribution is -0.143. The summed E-state index contributed by atoms with van der Waals surface area (Å²) in [6, 6.07) is 8.26. The maximum atomic E-state index is 13.4. The fourth-order valence-electron chi connectivity index (χ4n) is 4.36. The monoisotopic (exact) mass is 524 g/mol. The summed E-state index contributed by atoms with van der Waals surface area (Å²) in [5, 5.41) is 4.68. The molecule has 3 rings (SSSR count). The molecule has 0 saturated heterocycles. The van der Waals surface area contributed by atoms with Crippen LogP contribution >= 0.6 is 34.8 Å². The maximum absolute atomic E-state index is 13.4. The van der Waals surface area contributed by atoms with Gasteiger partial charge in [0.1, 0.15) is 11.8 Å². The van der Waals surface area contributed by atoms with E-state index >= 15 is 0 Å². The van der Waals surface area contributed by atoms with Crippen LogP contribution in [0.5, 0.6) is 5.75 Å². The highest BCUT2D eigenvalue weighted by Gasteiger charge is 2.31. The van der Waals surface area contributed by atoms with Crippen LogP contribution in [0.25, 0.3) is 0 Å². The SMILES string of the molecule is CCC(C(=O)NC1CCCC1)N(Cc1c(Cl)cccc1Cl)C(=O)COc1cc(C)c(Cl)c(C)c1. The Morgan fingerprint density at radius 1 is 1.09 bits per heavy atom. The van der Waals surface area contributed by atoms with Gasteiger partial charge in [0, 0.05) is 33.2 Å². The van der Waals surface area contributed by atoms with E-state index in [1.807, 2.05) is 20.8 Å². The van der Waals surface area contributed by atoms with E-state index in [9.17, 15) is 9.59 Å². The lowest BCUT2D eigenvalue weighted by Gasteiger charge is -2.32. The second-order valence-electron chi connectivity index (χ2n) is 8.80. The van der Waals surface area contributed by atoms with Gasteiger partial charge in [0.25, 0.3) is 5.91 Å². The summed E-state index contributed by atoms with van der Waals surface area (Å²) in [5.74, 6) is 0.0608. The minimum absolute atomic E-state index is 0.107. The Balaban J connectivity index is 1.83. The minimum atomic E-state index is -0.669. The topological polar surface area (TPSA) is 58.6 Å². The third-order valence-corrected chi connectivity index (χ3v) is 7.55. The molecule has 184 valence electrons. The van der Waals surface area contributed by atoms with Gasteiger partial charge < -0.3 is 15.0 Å². The zero-order chi connectivity index (χ0) is 24.8. The lowest BCUT2D eigenvalue weighted by atomic mass is 10.1. The third kappa shape index (κ3) is 6.59. The Kier molecular flexibility index (Phi) is 9.52. The molecule has 0 bridgehead atoms. The summed E-state index contributed by atoms with van der Waals surface area (Å²) >= 11 is 19.0. The predicted molar refractivity (Wildman–Crippen MR) is 138 cm³/mol. The van der Waals surface area contributed by atoms with Crippen LogP contribution < -0.4 is 10.1 Å². The van der Waals surface area contributed by atoms with Crippen molar-refractivity contribution in [1.82, 2.24) is 10.2 Å². The number of benzene rings is 2. The zero-order valence-electron chi connectivity index (χ0n) is 19.8. The van der Waals surface area contributed by atoms with E-state index in [1.54, 1.807) is 30.3 Å². The molecular weight excluding hydrogens is 495 g/mol. The Bertz CT molecular complexity index is 995. The summed E-state index contributed by atoms with van der Waals surface area (Å²) < 4.78 is 5.82. The molecule has 8 heteroatoms. The molecule has 2 amide bonds. The van der Waals surface area contributed by atoms with Gasteiger partial charge in [0.15, 0.2) is 6.61 Å².